The van der Waals surface area contributed by atoms with Crippen molar-refractivity contribution >= 4 is 12.0 Å². The second-order valence-corrected chi connectivity index (χ2v) is 2.21. The summed E-state index contributed by atoms with van der Waals surface area (Å²) in [6.07, 6.45) is 5.50. The van der Waals surface area contributed by atoms with Crippen LogP contribution in [-0.2, 0) is 0 Å². The molecular weight excluding hydrogens is 138 g/mol. The normalized spacial score (nSPS) is 11.8. The maximum atomic E-state index is 4.06. The van der Waals surface area contributed by atoms with Crippen LogP contribution in [0.4, 0.5) is 5.82 Å². The van der Waals surface area contributed by atoms with E-state index in [1.165, 1.54) is 0 Å². The SMILES string of the molecule is C/C=C\C=Nc1cc(C)[nH]n1. The van der Waals surface area contributed by atoms with Crippen LogP contribution in [0.2, 0.25) is 0 Å². The third-order valence-corrected chi connectivity index (χ3v) is 1.18. The van der Waals surface area contributed by atoms with Crippen molar-refractivity contribution in [2.75, 3.05) is 0 Å². The highest BCUT2D eigenvalue weighted by atomic mass is 15.2. The van der Waals surface area contributed by atoms with Gasteiger partial charge in [0, 0.05) is 18.0 Å². The van der Waals surface area contributed by atoms with E-state index in [-0.39, 0.29) is 0 Å². The zero-order valence-electron chi connectivity index (χ0n) is 6.70. The van der Waals surface area contributed by atoms with Gasteiger partial charge >= 0.3 is 0 Å². The maximum Gasteiger partial charge on any atom is 0.173 e. The van der Waals surface area contributed by atoms with Gasteiger partial charge in [-0.3, -0.25) is 5.10 Å². The van der Waals surface area contributed by atoms with Crippen molar-refractivity contribution in [2.24, 2.45) is 4.99 Å². The summed E-state index contributed by atoms with van der Waals surface area (Å²) in [5, 5.41) is 6.74. The molecule has 0 radical (unpaired) electrons. The summed E-state index contributed by atoms with van der Waals surface area (Å²) in [4.78, 5) is 4.06. The molecule has 11 heavy (non-hydrogen) atoms. The number of aromatic nitrogens is 2. The Kier molecular flexibility index (Phi) is 2.60. The van der Waals surface area contributed by atoms with E-state index in [1.54, 1.807) is 6.21 Å². The van der Waals surface area contributed by atoms with Crippen LogP contribution in [0.5, 0.6) is 0 Å². The zero-order chi connectivity index (χ0) is 8.10. The van der Waals surface area contributed by atoms with Crippen molar-refractivity contribution in [3.8, 4) is 0 Å². The monoisotopic (exact) mass is 149 g/mol. The average molecular weight is 149 g/mol. The van der Waals surface area contributed by atoms with Crippen LogP contribution in [0.3, 0.4) is 0 Å². The van der Waals surface area contributed by atoms with Gasteiger partial charge in [-0.2, -0.15) is 5.10 Å². The van der Waals surface area contributed by atoms with Crippen LogP contribution < -0.4 is 0 Å². The summed E-state index contributed by atoms with van der Waals surface area (Å²) >= 11 is 0. The fourth-order valence-corrected chi connectivity index (χ4v) is 0.675. The van der Waals surface area contributed by atoms with Gasteiger partial charge in [-0.15, -0.1) is 0 Å². The smallest absolute Gasteiger partial charge is 0.173 e. The Labute approximate surface area is 65.9 Å². The molecule has 1 heterocycles. The van der Waals surface area contributed by atoms with Gasteiger partial charge < -0.3 is 0 Å². The second-order valence-electron chi connectivity index (χ2n) is 2.21. The van der Waals surface area contributed by atoms with Crippen molar-refractivity contribution in [1.82, 2.24) is 10.2 Å². The highest BCUT2D eigenvalue weighted by molar-refractivity contribution is 5.73. The maximum absolute atomic E-state index is 4.06. The first-order chi connectivity index (χ1) is 5.33. The highest BCUT2D eigenvalue weighted by Gasteiger charge is 1.90. The quantitative estimate of drug-likeness (QED) is 0.642. The molecule has 0 aromatic carbocycles. The molecule has 1 rings (SSSR count). The topological polar surface area (TPSA) is 41.0 Å². The van der Waals surface area contributed by atoms with E-state index in [4.69, 9.17) is 0 Å². The largest absolute Gasteiger partial charge is 0.281 e. The van der Waals surface area contributed by atoms with Gasteiger partial charge in [0.2, 0.25) is 0 Å². The number of hydrogen-bond acceptors (Lipinski definition) is 2. The van der Waals surface area contributed by atoms with Gasteiger partial charge in [0.15, 0.2) is 5.82 Å². The number of allylic oxidation sites excluding steroid dienone is 2. The number of rotatable bonds is 2. The fraction of sp³-hybridized carbons (Fsp3) is 0.250. The van der Waals surface area contributed by atoms with E-state index < -0.39 is 0 Å². The lowest BCUT2D eigenvalue weighted by atomic mass is 10.5. The van der Waals surface area contributed by atoms with Gasteiger partial charge in [-0.25, -0.2) is 4.99 Å². The summed E-state index contributed by atoms with van der Waals surface area (Å²) in [6, 6.07) is 1.89. The molecule has 0 saturated carbocycles. The molecule has 0 amide bonds. The van der Waals surface area contributed by atoms with Crippen LogP contribution in [-0.4, -0.2) is 16.4 Å². The molecule has 3 heteroatoms. The summed E-state index contributed by atoms with van der Waals surface area (Å²) in [5.41, 5.74) is 1.03. The first-order valence-electron chi connectivity index (χ1n) is 3.50. The van der Waals surface area contributed by atoms with Crippen LogP contribution in [0.15, 0.2) is 23.2 Å². The fourth-order valence-electron chi connectivity index (χ4n) is 0.675. The Hall–Kier alpha value is -1.38. The summed E-state index contributed by atoms with van der Waals surface area (Å²) in [6.45, 7) is 3.89. The number of nitrogens with one attached hydrogen (secondary N) is 1. The number of aromatic amines is 1. The minimum atomic E-state index is 0.723. The number of aryl methyl sites for hydroxylation is 1. The lowest BCUT2D eigenvalue weighted by Gasteiger charge is -1.76. The third-order valence-electron chi connectivity index (χ3n) is 1.18. The average Bonchev–Trinajstić information content (AvgIpc) is 2.37. The van der Waals surface area contributed by atoms with E-state index in [9.17, 15) is 0 Å². The van der Waals surface area contributed by atoms with Gasteiger partial charge in [0.1, 0.15) is 0 Å². The van der Waals surface area contributed by atoms with E-state index >= 15 is 0 Å². The van der Waals surface area contributed by atoms with Crippen molar-refractivity contribution in [2.45, 2.75) is 13.8 Å². The number of aliphatic imine (C=N–C) groups is 1. The Morgan fingerprint density at radius 1 is 1.64 bits per heavy atom. The first kappa shape index (κ1) is 7.72. The molecule has 0 saturated heterocycles. The molecule has 0 spiro atoms. The van der Waals surface area contributed by atoms with Gasteiger partial charge in [-0.05, 0) is 19.9 Å². The van der Waals surface area contributed by atoms with Crippen molar-refractivity contribution < 1.29 is 0 Å². The lowest BCUT2D eigenvalue weighted by molar-refractivity contribution is 1.04. The third kappa shape index (κ3) is 2.37. The first-order valence-corrected chi connectivity index (χ1v) is 3.50. The van der Waals surface area contributed by atoms with Gasteiger partial charge in [0.05, 0.1) is 0 Å². The van der Waals surface area contributed by atoms with Crippen molar-refractivity contribution in [1.29, 1.82) is 0 Å². The number of nitrogens with zero attached hydrogens (tertiary/aromatic N) is 2. The Bertz CT molecular complexity index is 271. The predicted octanol–water partition coefficient (Wildman–Crippen LogP) is 2.00. The minimum absolute atomic E-state index is 0.723. The molecule has 0 fully saturated rings. The lowest BCUT2D eigenvalue weighted by Crippen LogP contribution is -1.67. The molecule has 0 aliphatic rings. The molecule has 0 atom stereocenters. The van der Waals surface area contributed by atoms with Gasteiger partial charge in [0.25, 0.3) is 0 Å². The zero-order valence-corrected chi connectivity index (χ0v) is 6.70. The molecule has 58 valence electrons. The predicted molar refractivity (Wildman–Crippen MR) is 46.3 cm³/mol. The van der Waals surface area contributed by atoms with Crippen molar-refractivity contribution in [3.63, 3.8) is 0 Å². The summed E-state index contributed by atoms with van der Waals surface area (Å²) in [5.74, 6) is 0.723. The van der Waals surface area contributed by atoms with E-state index in [1.807, 2.05) is 32.1 Å². The molecule has 0 aliphatic heterocycles. The Morgan fingerprint density at radius 3 is 3.00 bits per heavy atom. The molecule has 3 nitrogen and oxygen atoms in total. The standard InChI is InChI=1S/C8H11N3/c1-3-4-5-9-8-6-7(2)10-11-8/h3-6H,1-2H3,(H,10,11)/b4-3-,9-5?. The molecule has 1 aromatic rings. The summed E-state index contributed by atoms with van der Waals surface area (Å²) in [7, 11) is 0. The molecule has 1 N–H and O–H groups in total. The van der Waals surface area contributed by atoms with Crippen molar-refractivity contribution in [3.05, 3.63) is 23.9 Å². The molecule has 1 aromatic heterocycles. The molecular formula is C8H11N3. The Balaban J connectivity index is 2.64. The summed E-state index contributed by atoms with van der Waals surface area (Å²) < 4.78 is 0. The number of H-pyrrole nitrogens is 1. The molecule has 0 unspecified atom stereocenters. The van der Waals surface area contributed by atoms with E-state index in [0.29, 0.717) is 0 Å². The molecule has 0 aliphatic carbocycles. The van der Waals surface area contributed by atoms with Crippen LogP contribution >= 0.6 is 0 Å². The van der Waals surface area contributed by atoms with E-state index in [2.05, 4.69) is 15.2 Å². The van der Waals surface area contributed by atoms with Crippen LogP contribution in [0.1, 0.15) is 12.6 Å². The van der Waals surface area contributed by atoms with E-state index in [0.717, 1.165) is 11.5 Å². The van der Waals surface area contributed by atoms with Crippen LogP contribution in [0.25, 0.3) is 0 Å². The van der Waals surface area contributed by atoms with Gasteiger partial charge in [-0.1, -0.05) is 6.08 Å². The minimum Gasteiger partial charge on any atom is -0.281 e. The molecule has 0 bridgehead atoms. The highest BCUT2D eigenvalue weighted by Crippen LogP contribution is 2.06. The Morgan fingerprint density at radius 2 is 2.45 bits per heavy atom. The number of hydrogen-bond donors (Lipinski definition) is 1. The second kappa shape index (κ2) is 3.71. The van der Waals surface area contributed by atoms with Crippen LogP contribution in [0, 0.1) is 6.92 Å².